The molecule has 0 spiro atoms. The zero-order valence-corrected chi connectivity index (χ0v) is 79.1. The molecule has 0 bridgehead atoms. The van der Waals surface area contributed by atoms with Gasteiger partial charge in [0.15, 0.2) is 0 Å². The molecule has 0 N–H and O–H groups in total. The van der Waals surface area contributed by atoms with E-state index in [0.29, 0.717) is 12.8 Å². The summed E-state index contributed by atoms with van der Waals surface area (Å²) in [5, 5.41) is 15.0. The highest BCUT2D eigenvalue weighted by molar-refractivity contribution is 6.17. The Morgan fingerprint density at radius 3 is 0.520 bits per heavy atom. The maximum absolute atomic E-state index is 13.9. The van der Waals surface area contributed by atoms with Gasteiger partial charge >= 0.3 is 0 Å². The molecule has 0 saturated heterocycles. The second kappa shape index (κ2) is 30.3. The summed E-state index contributed by atoms with van der Waals surface area (Å²) < 4.78 is 15.0. The van der Waals surface area contributed by atoms with E-state index in [1.165, 1.54) is 175 Å². The van der Waals surface area contributed by atoms with Gasteiger partial charge in [0.1, 0.15) is 11.6 Å². The molecule has 8 heteroatoms. The van der Waals surface area contributed by atoms with Crippen molar-refractivity contribution in [2.24, 2.45) is 0 Å². The molecule has 12 aromatic carbocycles. The minimum Gasteiger partial charge on any atom is -0.340 e. The SMILES string of the molecule is CC(C)(C)c1ccc2c(c1)c1cc(C(C)(C)C)ccc1n2-c1ccc2c(c1)c1cc(-n3c4ccc(C(C)(C)C)cc4c4cc(C(C)(C)C)ccc43)ccc1n2CCCCCC(=O)CC(=O)CCCCCn1c2ccc(-n3c4ccc(C(C)(C)C)cc4c4cc(C(C)(C)C)ccc43)cc2c2cc(-n3c4ccc(C(C)(C)C)cc4c4cc(C(C)(C)C)ccc43)ccc21. The van der Waals surface area contributed by atoms with Crippen molar-refractivity contribution in [3.05, 3.63) is 263 Å². The molecule has 0 unspecified atom stereocenters. The number of nitrogens with zero attached hydrogens (tertiary/aromatic N) is 6. The molecule has 6 heterocycles. The van der Waals surface area contributed by atoms with Crippen LogP contribution >= 0.6 is 0 Å². The Hall–Kier alpha value is -11.2. The zero-order valence-electron chi connectivity index (χ0n) is 79.1. The number of benzene rings is 12. The number of hydrogen-bond donors (Lipinski definition) is 0. The third kappa shape index (κ3) is 15.3. The number of carbonyl (C=O) groups excluding carboxylic acids is 2. The van der Waals surface area contributed by atoms with E-state index < -0.39 is 0 Å². The van der Waals surface area contributed by atoms with Gasteiger partial charge in [-0.3, -0.25) is 9.59 Å². The van der Waals surface area contributed by atoms with Gasteiger partial charge in [-0.05, 0) is 283 Å². The second-order valence-corrected chi connectivity index (χ2v) is 45.2. The molecule has 125 heavy (non-hydrogen) atoms. The molecule has 0 aliphatic heterocycles. The predicted octanol–water partition coefficient (Wildman–Crippen LogP) is 32.0. The summed E-state index contributed by atoms with van der Waals surface area (Å²) in [6.45, 7) is 57.0. The van der Waals surface area contributed by atoms with Crippen LogP contribution in [0.15, 0.2) is 218 Å². The van der Waals surface area contributed by atoms with Crippen LogP contribution < -0.4 is 0 Å². The normalized spacial score (nSPS) is 13.4. The van der Waals surface area contributed by atoms with Gasteiger partial charge < -0.3 is 27.4 Å². The maximum atomic E-state index is 13.9. The molecule has 640 valence electrons. The average Bonchev–Trinajstić information content (AvgIpc) is 1.57. The molecule has 0 atom stereocenters. The van der Waals surface area contributed by atoms with E-state index in [-0.39, 0.29) is 61.3 Å². The first-order valence-electron chi connectivity index (χ1n) is 46.4. The number of rotatable bonds is 18. The van der Waals surface area contributed by atoms with Crippen LogP contribution in [0.3, 0.4) is 0 Å². The predicted molar refractivity (Wildman–Crippen MR) is 537 cm³/mol. The van der Waals surface area contributed by atoms with E-state index >= 15 is 0 Å². The molecule has 0 fully saturated rings. The number of unbranched alkanes of at least 4 members (excludes halogenated alkanes) is 4. The first-order chi connectivity index (χ1) is 58.8. The second-order valence-electron chi connectivity index (χ2n) is 45.2. The average molecular weight is 1650 g/mol. The van der Waals surface area contributed by atoms with E-state index in [0.717, 1.165) is 74.4 Å². The van der Waals surface area contributed by atoms with Crippen LogP contribution in [-0.2, 0) is 66.0 Å². The maximum Gasteiger partial charge on any atom is 0.140 e. The fourth-order valence-electron chi connectivity index (χ4n) is 20.1. The largest absolute Gasteiger partial charge is 0.340 e. The standard InChI is InChI=1S/C117H130N6O2/c1-110(2,3)72-33-45-102-86(59-72)87-60-73(111(4,5)6)34-46-103(87)120(102)80-41-53-98-94(67-80)95-68-81(121-104-47-35-74(112(7,8)9)61-88(104)89-62-75(113(10,11)12)36-48-105(89)121)42-54-99(95)118(98)57-29-25-27-31-84(124)71-85(125)32-28-26-30-58-119-100-55-43-82(122-106-49-37-76(114(13,14)15)63-90(106)91-64-77(115(16,17)18)38-50-107(91)122)69-96(100)97-70-83(44-56-101(97)119)123-108-51-39-78(116(19,20)21)65-92(108)93-66-79(117(22,23)24)40-52-109(93)123/h33-56,59-70H,25-32,57-58,71H2,1-24H3. The van der Waals surface area contributed by atoms with Gasteiger partial charge in [-0.25, -0.2) is 0 Å². The number of carbonyl (C=O) groups is 2. The molecular formula is C117H130N6O2. The Labute approximate surface area is 740 Å². The molecule has 0 radical (unpaired) electrons. The molecule has 8 nitrogen and oxygen atoms in total. The molecule has 0 aliphatic rings. The van der Waals surface area contributed by atoms with Crippen molar-refractivity contribution in [1.82, 2.24) is 27.4 Å². The van der Waals surface area contributed by atoms with Gasteiger partial charge in [0.2, 0.25) is 0 Å². The highest BCUT2D eigenvalue weighted by atomic mass is 16.1. The molecular weight excluding hydrogens is 1520 g/mol. The van der Waals surface area contributed by atoms with Gasteiger partial charge in [0.25, 0.3) is 0 Å². The monoisotopic (exact) mass is 1650 g/mol. The van der Waals surface area contributed by atoms with Crippen LogP contribution in [-0.4, -0.2) is 39.0 Å². The molecule has 18 aromatic rings. The van der Waals surface area contributed by atoms with Crippen molar-refractivity contribution in [2.75, 3.05) is 0 Å². The minimum absolute atomic E-state index is 0.000962. The van der Waals surface area contributed by atoms with Crippen LogP contribution in [0.2, 0.25) is 0 Å². The number of fused-ring (bicyclic) bond motifs is 18. The summed E-state index contributed by atoms with van der Waals surface area (Å²) in [5.74, 6) is 0.102. The molecule has 0 saturated carbocycles. The van der Waals surface area contributed by atoms with E-state index in [1.807, 2.05) is 0 Å². The molecule has 0 aliphatic carbocycles. The number of Topliss-reactive ketones (excluding diaryl/α,β-unsaturated/α-hetero) is 2. The molecule has 0 amide bonds. The van der Waals surface area contributed by atoms with Crippen molar-refractivity contribution in [3.8, 4) is 22.7 Å². The van der Waals surface area contributed by atoms with E-state index in [1.54, 1.807) is 0 Å². The lowest BCUT2D eigenvalue weighted by Gasteiger charge is -2.19. The van der Waals surface area contributed by atoms with Crippen molar-refractivity contribution in [1.29, 1.82) is 0 Å². The first-order valence-corrected chi connectivity index (χ1v) is 46.4. The number of ketones is 2. The Kier molecular flexibility index (Phi) is 20.5. The minimum atomic E-state index is -0.0123. The lowest BCUT2D eigenvalue weighted by atomic mass is 9.85. The fraction of sp³-hybridized carbons (Fsp3) is 0.368. The van der Waals surface area contributed by atoms with E-state index in [4.69, 9.17) is 0 Å². The van der Waals surface area contributed by atoms with E-state index in [9.17, 15) is 9.59 Å². The fourth-order valence-corrected chi connectivity index (χ4v) is 20.1. The number of aromatic nitrogens is 6. The smallest absolute Gasteiger partial charge is 0.140 e. The van der Waals surface area contributed by atoms with Gasteiger partial charge in [-0.1, -0.05) is 228 Å². The van der Waals surface area contributed by atoms with Crippen LogP contribution in [0.4, 0.5) is 0 Å². The molecule has 18 rings (SSSR count). The summed E-state index contributed by atoms with van der Waals surface area (Å²) in [5.41, 5.74) is 29.4. The summed E-state index contributed by atoms with van der Waals surface area (Å²) in [4.78, 5) is 27.9. The van der Waals surface area contributed by atoms with Gasteiger partial charge in [0.05, 0.1) is 50.6 Å². The Bertz CT molecular complexity index is 6280. The van der Waals surface area contributed by atoms with E-state index in [2.05, 4.69) is 412 Å². The molecule has 6 aromatic heterocycles. The summed E-state index contributed by atoms with van der Waals surface area (Å²) in [6, 6.07) is 85.5. The van der Waals surface area contributed by atoms with Crippen molar-refractivity contribution in [3.63, 3.8) is 0 Å². The van der Waals surface area contributed by atoms with Crippen LogP contribution in [0.5, 0.6) is 0 Å². The number of aryl methyl sites for hydroxylation is 2. The number of hydrogen-bond acceptors (Lipinski definition) is 2. The van der Waals surface area contributed by atoms with Crippen LogP contribution in [0, 0.1) is 0 Å². The topological polar surface area (TPSA) is 63.7 Å². The summed E-state index contributed by atoms with van der Waals surface area (Å²) >= 11 is 0. The first kappa shape index (κ1) is 84.6. The van der Waals surface area contributed by atoms with Gasteiger partial charge in [-0.2, -0.15) is 0 Å². The zero-order chi connectivity index (χ0) is 88.6. The van der Waals surface area contributed by atoms with Crippen molar-refractivity contribution >= 4 is 142 Å². The quantitative estimate of drug-likeness (QED) is 0.0635. The van der Waals surface area contributed by atoms with Crippen molar-refractivity contribution in [2.45, 2.75) is 280 Å². The van der Waals surface area contributed by atoms with Crippen molar-refractivity contribution < 1.29 is 9.59 Å². The summed E-state index contributed by atoms with van der Waals surface area (Å²) in [7, 11) is 0. The third-order valence-electron chi connectivity index (χ3n) is 27.8. The third-order valence-corrected chi connectivity index (χ3v) is 27.8. The highest BCUT2D eigenvalue weighted by Crippen LogP contribution is 2.47. The highest BCUT2D eigenvalue weighted by Gasteiger charge is 2.30. The lowest BCUT2D eigenvalue weighted by molar-refractivity contribution is -0.127. The van der Waals surface area contributed by atoms with Gasteiger partial charge in [-0.15, -0.1) is 0 Å². The Balaban J connectivity index is 0.610. The Morgan fingerprint density at radius 2 is 0.352 bits per heavy atom. The van der Waals surface area contributed by atoms with Crippen LogP contribution in [0.25, 0.3) is 154 Å². The Morgan fingerprint density at radius 1 is 0.192 bits per heavy atom. The van der Waals surface area contributed by atoms with Gasteiger partial charge in [0, 0.05) is 135 Å². The van der Waals surface area contributed by atoms with Crippen LogP contribution in [0.1, 0.15) is 268 Å². The summed E-state index contributed by atoms with van der Waals surface area (Å²) in [6.07, 6.45) is 5.84. The lowest BCUT2D eigenvalue weighted by Crippen LogP contribution is -2.10.